The van der Waals surface area contributed by atoms with E-state index >= 15 is 0 Å². The summed E-state index contributed by atoms with van der Waals surface area (Å²) >= 11 is 0. The van der Waals surface area contributed by atoms with E-state index in [9.17, 15) is 9.59 Å². The summed E-state index contributed by atoms with van der Waals surface area (Å²) in [5, 5.41) is 5.34. The Balaban J connectivity index is 1.44. The molecule has 0 heterocycles. The Morgan fingerprint density at radius 2 is 1.34 bits per heavy atom. The van der Waals surface area contributed by atoms with Gasteiger partial charge in [-0.3, -0.25) is 9.59 Å². The molecule has 0 aliphatic rings. The Labute approximate surface area is 169 Å². The molecule has 0 radical (unpaired) electrons. The fourth-order valence-corrected chi connectivity index (χ4v) is 2.51. The lowest BCUT2D eigenvalue weighted by Gasteiger charge is -2.12. The molecule has 6 heteroatoms. The van der Waals surface area contributed by atoms with Crippen LogP contribution in [0, 0.1) is 0 Å². The molecule has 3 rings (SSSR count). The van der Waals surface area contributed by atoms with Crippen LogP contribution in [0.15, 0.2) is 84.9 Å². The van der Waals surface area contributed by atoms with Crippen molar-refractivity contribution < 1.29 is 19.1 Å². The smallest absolute Gasteiger partial charge is 0.243 e. The summed E-state index contributed by atoms with van der Waals surface area (Å²) in [7, 11) is 0. The molecule has 2 amide bonds. The predicted octanol–water partition coefficient (Wildman–Crippen LogP) is 4.00. The zero-order chi connectivity index (χ0) is 20.3. The van der Waals surface area contributed by atoms with Crippen LogP contribution in [-0.4, -0.2) is 25.0 Å². The number of benzene rings is 3. The fourth-order valence-electron chi connectivity index (χ4n) is 2.51. The molecule has 148 valence electrons. The molecule has 0 unspecified atom stereocenters. The highest BCUT2D eigenvalue weighted by atomic mass is 16.5. The number of hydrogen-bond donors (Lipinski definition) is 2. The van der Waals surface area contributed by atoms with Gasteiger partial charge in [0.05, 0.1) is 25.3 Å². The Morgan fingerprint density at radius 1 is 0.724 bits per heavy atom. The van der Waals surface area contributed by atoms with Crippen molar-refractivity contribution in [2.45, 2.75) is 6.42 Å². The van der Waals surface area contributed by atoms with Gasteiger partial charge in [-0.2, -0.15) is 0 Å². The Bertz CT molecular complexity index is 930. The maximum Gasteiger partial charge on any atom is 0.243 e. The third-order valence-electron chi connectivity index (χ3n) is 3.92. The van der Waals surface area contributed by atoms with E-state index in [-0.39, 0.29) is 31.4 Å². The maximum atomic E-state index is 12.2. The van der Waals surface area contributed by atoms with Crippen LogP contribution in [0.25, 0.3) is 0 Å². The predicted molar refractivity (Wildman–Crippen MR) is 111 cm³/mol. The van der Waals surface area contributed by atoms with Gasteiger partial charge in [-0.25, -0.2) is 0 Å². The minimum Gasteiger partial charge on any atom is -0.493 e. The number of ether oxygens (including phenoxy) is 2. The second-order valence-electron chi connectivity index (χ2n) is 6.15. The first-order chi connectivity index (χ1) is 14.2. The van der Waals surface area contributed by atoms with Crippen LogP contribution in [0.5, 0.6) is 17.2 Å². The van der Waals surface area contributed by atoms with E-state index < -0.39 is 0 Å². The second-order valence-corrected chi connectivity index (χ2v) is 6.15. The Morgan fingerprint density at radius 3 is 2.07 bits per heavy atom. The van der Waals surface area contributed by atoms with Crippen LogP contribution in [-0.2, 0) is 9.59 Å². The molecule has 0 saturated heterocycles. The standard InChI is InChI=1S/C23H22N2O4/c26-22(15-16-28-18-9-3-1-4-10-18)24-17-23(27)25-20-13-7-8-14-21(20)29-19-11-5-2-6-12-19/h1-14H,15-17H2,(H,24,26)(H,25,27). The van der Waals surface area contributed by atoms with Gasteiger partial charge in [-0.05, 0) is 36.4 Å². The average molecular weight is 390 g/mol. The Hall–Kier alpha value is -3.80. The number of para-hydroxylation sites is 4. The van der Waals surface area contributed by atoms with E-state index in [1.54, 1.807) is 18.2 Å². The van der Waals surface area contributed by atoms with E-state index in [1.165, 1.54) is 0 Å². The van der Waals surface area contributed by atoms with Crippen LogP contribution in [0.1, 0.15) is 6.42 Å². The quantitative estimate of drug-likeness (QED) is 0.579. The highest BCUT2D eigenvalue weighted by molar-refractivity contribution is 5.95. The van der Waals surface area contributed by atoms with Crippen molar-refractivity contribution >= 4 is 17.5 Å². The van der Waals surface area contributed by atoms with E-state index in [2.05, 4.69) is 10.6 Å². The van der Waals surface area contributed by atoms with Gasteiger partial charge in [0, 0.05) is 0 Å². The molecule has 29 heavy (non-hydrogen) atoms. The molecule has 3 aromatic carbocycles. The number of carbonyl (C=O) groups excluding carboxylic acids is 2. The molecule has 0 saturated carbocycles. The fraction of sp³-hybridized carbons (Fsp3) is 0.130. The highest BCUT2D eigenvalue weighted by Gasteiger charge is 2.10. The lowest BCUT2D eigenvalue weighted by atomic mass is 10.3. The summed E-state index contributed by atoms with van der Waals surface area (Å²) in [5.41, 5.74) is 0.531. The third kappa shape index (κ3) is 6.70. The van der Waals surface area contributed by atoms with Crippen molar-refractivity contribution in [3.05, 3.63) is 84.9 Å². The zero-order valence-electron chi connectivity index (χ0n) is 15.8. The number of hydrogen-bond acceptors (Lipinski definition) is 4. The van der Waals surface area contributed by atoms with Crippen LogP contribution in [0.2, 0.25) is 0 Å². The molecular formula is C23H22N2O4. The minimum atomic E-state index is -0.341. The van der Waals surface area contributed by atoms with Crippen molar-refractivity contribution in [2.24, 2.45) is 0 Å². The van der Waals surface area contributed by atoms with Crippen molar-refractivity contribution in [1.82, 2.24) is 5.32 Å². The number of nitrogens with one attached hydrogen (secondary N) is 2. The molecule has 6 nitrogen and oxygen atoms in total. The molecule has 2 N–H and O–H groups in total. The van der Waals surface area contributed by atoms with Crippen LogP contribution in [0.4, 0.5) is 5.69 Å². The largest absolute Gasteiger partial charge is 0.493 e. The summed E-state index contributed by atoms with van der Waals surface area (Å²) in [6.45, 7) is 0.106. The van der Waals surface area contributed by atoms with Crippen LogP contribution in [0.3, 0.4) is 0 Å². The van der Waals surface area contributed by atoms with Crippen molar-refractivity contribution in [2.75, 3.05) is 18.5 Å². The lowest BCUT2D eigenvalue weighted by molar-refractivity contribution is -0.124. The summed E-state index contributed by atoms with van der Waals surface area (Å²) < 4.78 is 11.3. The monoisotopic (exact) mass is 390 g/mol. The van der Waals surface area contributed by atoms with Gasteiger partial charge >= 0.3 is 0 Å². The molecule has 0 bridgehead atoms. The van der Waals surface area contributed by atoms with Gasteiger partial charge in [-0.1, -0.05) is 48.5 Å². The van der Waals surface area contributed by atoms with E-state index in [4.69, 9.17) is 9.47 Å². The lowest BCUT2D eigenvalue weighted by Crippen LogP contribution is -2.33. The molecule has 0 spiro atoms. The zero-order valence-corrected chi connectivity index (χ0v) is 15.8. The van der Waals surface area contributed by atoms with Crippen molar-refractivity contribution in [3.63, 3.8) is 0 Å². The van der Waals surface area contributed by atoms with E-state index in [1.807, 2.05) is 66.7 Å². The van der Waals surface area contributed by atoms with E-state index in [0.717, 1.165) is 0 Å². The Kier molecular flexibility index (Phi) is 7.23. The normalized spacial score (nSPS) is 10.1. The molecule has 0 aromatic heterocycles. The third-order valence-corrected chi connectivity index (χ3v) is 3.92. The summed E-state index contributed by atoms with van der Waals surface area (Å²) in [4.78, 5) is 24.1. The maximum absolute atomic E-state index is 12.2. The van der Waals surface area contributed by atoms with Gasteiger partial charge in [0.25, 0.3) is 0 Å². The summed E-state index contributed by atoms with van der Waals surface area (Å²) in [6, 6.07) is 25.7. The van der Waals surface area contributed by atoms with Crippen molar-refractivity contribution in [1.29, 1.82) is 0 Å². The van der Waals surface area contributed by atoms with Gasteiger partial charge in [0.2, 0.25) is 11.8 Å². The first-order valence-corrected chi connectivity index (χ1v) is 9.27. The number of carbonyl (C=O) groups is 2. The number of rotatable bonds is 9. The van der Waals surface area contributed by atoms with Gasteiger partial charge in [0.15, 0.2) is 5.75 Å². The first-order valence-electron chi connectivity index (χ1n) is 9.27. The molecule has 3 aromatic rings. The van der Waals surface area contributed by atoms with Crippen LogP contribution < -0.4 is 20.1 Å². The molecule has 0 aliphatic heterocycles. The second kappa shape index (κ2) is 10.5. The van der Waals surface area contributed by atoms with Gasteiger partial charge < -0.3 is 20.1 Å². The SMILES string of the molecule is O=C(CCOc1ccccc1)NCC(=O)Nc1ccccc1Oc1ccccc1. The van der Waals surface area contributed by atoms with Gasteiger partial charge in [0.1, 0.15) is 11.5 Å². The number of amides is 2. The molecule has 0 fully saturated rings. The molecular weight excluding hydrogens is 368 g/mol. The summed E-state index contributed by atoms with van der Waals surface area (Å²) in [6.07, 6.45) is 0.163. The topological polar surface area (TPSA) is 76.7 Å². The summed E-state index contributed by atoms with van der Waals surface area (Å²) in [5.74, 6) is 1.29. The van der Waals surface area contributed by atoms with E-state index in [0.29, 0.717) is 22.9 Å². The minimum absolute atomic E-state index is 0.135. The first kappa shape index (κ1) is 19.9. The molecule has 0 aliphatic carbocycles. The average Bonchev–Trinajstić information content (AvgIpc) is 2.75. The highest BCUT2D eigenvalue weighted by Crippen LogP contribution is 2.28. The van der Waals surface area contributed by atoms with Crippen molar-refractivity contribution in [3.8, 4) is 17.2 Å². The number of anilines is 1. The molecule has 0 atom stereocenters. The van der Waals surface area contributed by atoms with Gasteiger partial charge in [-0.15, -0.1) is 0 Å². The van der Waals surface area contributed by atoms with Crippen LogP contribution >= 0.6 is 0 Å².